The Hall–Kier alpha value is -3.61. The molecule has 0 bridgehead atoms. The summed E-state index contributed by atoms with van der Waals surface area (Å²) in [6.45, 7) is 0. The predicted molar refractivity (Wildman–Crippen MR) is 79.2 cm³/mol. The lowest BCUT2D eigenvalue weighted by atomic mass is 10.2. The summed E-state index contributed by atoms with van der Waals surface area (Å²) >= 11 is 0. The summed E-state index contributed by atoms with van der Waals surface area (Å²) < 4.78 is 20.1. The van der Waals surface area contributed by atoms with E-state index in [2.05, 4.69) is 0 Å². The van der Waals surface area contributed by atoms with Crippen molar-refractivity contribution in [1.29, 1.82) is 0 Å². The minimum Gasteiger partial charge on any atom is -0.457 e. The second kappa shape index (κ2) is 6.66. The largest absolute Gasteiger partial charge is 0.457 e. The topological polar surface area (TPSA) is 96.0 Å². The Morgan fingerprint density at radius 1 is 0.875 bits per heavy atom. The molecule has 1 aromatic carbocycles. The van der Waals surface area contributed by atoms with Crippen LogP contribution in [0.1, 0.15) is 31.5 Å². The number of rotatable bonds is 5. The first-order valence-corrected chi connectivity index (χ1v) is 6.78. The molecular weight excluding hydrogens is 316 g/mol. The Bertz CT molecular complexity index is 860. The van der Waals surface area contributed by atoms with E-state index in [0.717, 1.165) is 0 Å². The third-order valence-electron chi connectivity index (χ3n) is 2.97. The van der Waals surface area contributed by atoms with Gasteiger partial charge < -0.3 is 18.3 Å². The van der Waals surface area contributed by atoms with Crippen molar-refractivity contribution in [2.75, 3.05) is 0 Å². The zero-order chi connectivity index (χ0) is 16.9. The SMILES string of the molecule is O=Cc1ccc(OC(=O)c2ccco2)cc1OC(=O)c1ccco1. The van der Waals surface area contributed by atoms with Crippen LogP contribution in [0.15, 0.2) is 63.8 Å². The van der Waals surface area contributed by atoms with Gasteiger partial charge in [0.25, 0.3) is 0 Å². The minimum absolute atomic E-state index is 0.0172. The number of carbonyl (C=O) groups excluding carboxylic acids is 3. The maximum atomic E-state index is 11.9. The lowest BCUT2D eigenvalue weighted by Crippen LogP contribution is -2.10. The van der Waals surface area contributed by atoms with Crippen LogP contribution >= 0.6 is 0 Å². The fraction of sp³-hybridized carbons (Fsp3) is 0. The predicted octanol–water partition coefficient (Wildman–Crippen LogP) is 3.12. The second-order valence-electron chi connectivity index (χ2n) is 4.55. The molecule has 7 heteroatoms. The second-order valence-corrected chi connectivity index (χ2v) is 4.55. The fourth-order valence-electron chi connectivity index (χ4n) is 1.86. The zero-order valence-electron chi connectivity index (χ0n) is 12.1. The van der Waals surface area contributed by atoms with Gasteiger partial charge in [0.15, 0.2) is 6.29 Å². The van der Waals surface area contributed by atoms with Crippen molar-refractivity contribution in [2.24, 2.45) is 0 Å². The molecule has 0 saturated carbocycles. The number of benzene rings is 1. The van der Waals surface area contributed by atoms with Crippen molar-refractivity contribution in [3.63, 3.8) is 0 Å². The summed E-state index contributed by atoms with van der Waals surface area (Å²) in [4.78, 5) is 34.8. The van der Waals surface area contributed by atoms with Crippen LogP contribution in [-0.2, 0) is 0 Å². The molecule has 0 atom stereocenters. The van der Waals surface area contributed by atoms with Crippen LogP contribution in [-0.4, -0.2) is 18.2 Å². The van der Waals surface area contributed by atoms with E-state index in [4.69, 9.17) is 18.3 Å². The van der Waals surface area contributed by atoms with Gasteiger partial charge in [-0.15, -0.1) is 0 Å². The molecule has 0 saturated heterocycles. The van der Waals surface area contributed by atoms with Crippen molar-refractivity contribution in [3.8, 4) is 11.5 Å². The van der Waals surface area contributed by atoms with Gasteiger partial charge in [0, 0.05) is 6.07 Å². The summed E-state index contributed by atoms with van der Waals surface area (Å²) in [6, 6.07) is 9.95. The van der Waals surface area contributed by atoms with Crippen molar-refractivity contribution in [2.45, 2.75) is 0 Å². The van der Waals surface area contributed by atoms with Gasteiger partial charge in [-0.25, -0.2) is 9.59 Å². The number of aldehydes is 1. The molecule has 24 heavy (non-hydrogen) atoms. The Morgan fingerprint density at radius 2 is 1.50 bits per heavy atom. The highest BCUT2D eigenvalue weighted by molar-refractivity contribution is 5.91. The van der Waals surface area contributed by atoms with Crippen LogP contribution in [0.25, 0.3) is 0 Å². The van der Waals surface area contributed by atoms with Crippen molar-refractivity contribution >= 4 is 18.2 Å². The van der Waals surface area contributed by atoms with Gasteiger partial charge in [-0.05, 0) is 36.4 Å². The fourth-order valence-corrected chi connectivity index (χ4v) is 1.86. The number of esters is 2. The highest BCUT2D eigenvalue weighted by Crippen LogP contribution is 2.25. The van der Waals surface area contributed by atoms with E-state index < -0.39 is 11.9 Å². The van der Waals surface area contributed by atoms with Gasteiger partial charge >= 0.3 is 11.9 Å². The third kappa shape index (κ3) is 3.25. The molecule has 3 aromatic rings. The molecule has 2 aromatic heterocycles. The maximum Gasteiger partial charge on any atom is 0.379 e. The zero-order valence-corrected chi connectivity index (χ0v) is 12.1. The molecule has 7 nitrogen and oxygen atoms in total. The molecule has 0 fully saturated rings. The molecule has 0 aliphatic rings. The number of carbonyl (C=O) groups is 3. The normalized spacial score (nSPS) is 10.2. The van der Waals surface area contributed by atoms with Crippen LogP contribution < -0.4 is 9.47 Å². The van der Waals surface area contributed by atoms with Gasteiger partial charge in [-0.1, -0.05) is 0 Å². The lowest BCUT2D eigenvalue weighted by molar-refractivity contribution is 0.0698. The number of furan rings is 2. The van der Waals surface area contributed by atoms with E-state index in [1.54, 1.807) is 6.07 Å². The summed E-state index contributed by atoms with van der Waals surface area (Å²) in [5, 5.41) is 0. The average Bonchev–Trinajstić information content (AvgIpc) is 3.28. The molecule has 0 amide bonds. The average molecular weight is 326 g/mol. The van der Waals surface area contributed by atoms with Crippen molar-refractivity contribution in [3.05, 3.63) is 72.1 Å². The van der Waals surface area contributed by atoms with Gasteiger partial charge in [0.05, 0.1) is 18.1 Å². The first-order valence-electron chi connectivity index (χ1n) is 6.78. The van der Waals surface area contributed by atoms with Gasteiger partial charge in [0.2, 0.25) is 11.5 Å². The molecule has 0 N–H and O–H groups in total. The van der Waals surface area contributed by atoms with Crippen molar-refractivity contribution in [1.82, 2.24) is 0 Å². The molecule has 2 heterocycles. The first-order chi connectivity index (χ1) is 11.7. The molecule has 0 radical (unpaired) electrons. The number of ether oxygens (including phenoxy) is 2. The molecule has 0 unspecified atom stereocenters. The van der Waals surface area contributed by atoms with Gasteiger partial charge in [-0.3, -0.25) is 4.79 Å². The summed E-state index contributed by atoms with van der Waals surface area (Å²) in [6.07, 6.45) is 3.17. The van der Waals surface area contributed by atoms with Crippen LogP contribution in [0.3, 0.4) is 0 Å². The maximum absolute atomic E-state index is 11.9. The van der Waals surface area contributed by atoms with E-state index in [9.17, 15) is 14.4 Å². The Labute approximate surface area is 135 Å². The van der Waals surface area contributed by atoms with Crippen LogP contribution in [0.4, 0.5) is 0 Å². The van der Waals surface area contributed by atoms with Crippen molar-refractivity contribution < 1.29 is 32.7 Å². The van der Waals surface area contributed by atoms with Crippen LogP contribution in [0.5, 0.6) is 11.5 Å². The lowest BCUT2D eigenvalue weighted by Gasteiger charge is -2.08. The van der Waals surface area contributed by atoms with Crippen LogP contribution in [0.2, 0.25) is 0 Å². The molecule has 120 valence electrons. The van der Waals surface area contributed by atoms with Gasteiger partial charge in [0.1, 0.15) is 11.5 Å². The smallest absolute Gasteiger partial charge is 0.379 e. The quantitative estimate of drug-likeness (QED) is 0.404. The van der Waals surface area contributed by atoms with E-state index in [0.29, 0.717) is 6.29 Å². The monoisotopic (exact) mass is 326 g/mol. The Balaban J connectivity index is 1.81. The standard InChI is InChI=1S/C17H10O7/c18-10-11-5-6-12(23-16(19)13-3-1-7-21-13)9-15(11)24-17(20)14-4-2-8-22-14/h1-10H. The number of hydrogen-bond acceptors (Lipinski definition) is 7. The molecule has 0 aliphatic heterocycles. The van der Waals surface area contributed by atoms with E-state index in [1.165, 1.54) is 48.9 Å². The number of hydrogen-bond donors (Lipinski definition) is 0. The van der Waals surface area contributed by atoms with E-state index >= 15 is 0 Å². The molecule has 0 spiro atoms. The molecule has 3 rings (SSSR count). The van der Waals surface area contributed by atoms with E-state index in [1.807, 2.05) is 0 Å². The Morgan fingerprint density at radius 3 is 2.04 bits per heavy atom. The summed E-state index contributed by atoms with van der Waals surface area (Å²) in [5.74, 6) is -1.48. The highest BCUT2D eigenvalue weighted by Gasteiger charge is 2.17. The molecular formula is C17H10O7. The minimum atomic E-state index is -0.780. The van der Waals surface area contributed by atoms with Crippen LogP contribution in [0, 0.1) is 0 Å². The first kappa shape index (κ1) is 15.3. The highest BCUT2D eigenvalue weighted by atomic mass is 16.6. The Kier molecular flexibility index (Phi) is 4.24. The third-order valence-corrected chi connectivity index (χ3v) is 2.97. The van der Waals surface area contributed by atoms with E-state index in [-0.39, 0.29) is 28.6 Å². The molecule has 0 aliphatic carbocycles. The summed E-state index contributed by atoms with van der Waals surface area (Å²) in [5.41, 5.74) is 0.118. The summed E-state index contributed by atoms with van der Waals surface area (Å²) in [7, 11) is 0. The van der Waals surface area contributed by atoms with Gasteiger partial charge in [-0.2, -0.15) is 0 Å².